The van der Waals surface area contributed by atoms with E-state index >= 15 is 0 Å². The number of halogens is 1. The fourth-order valence-corrected chi connectivity index (χ4v) is 1.47. The van der Waals surface area contributed by atoms with Gasteiger partial charge in [0.1, 0.15) is 0 Å². The van der Waals surface area contributed by atoms with Gasteiger partial charge in [-0.1, -0.05) is 28.1 Å². The lowest BCUT2D eigenvalue weighted by molar-refractivity contribution is 0.170. The van der Waals surface area contributed by atoms with Gasteiger partial charge in [-0.2, -0.15) is 0 Å². The Morgan fingerprint density at radius 3 is 2.46 bits per heavy atom. The first-order valence-electron chi connectivity index (χ1n) is 4.19. The Bertz CT molecular complexity index is 248. The molecule has 0 heterocycles. The Labute approximate surface area is 87.4 Å². The summed E-state index contributed by atoms with van der Waals surface area (Å²) in [7, 11) is 3.65. The first kappa shape index (κ1) is 10.7. The van der Waals surface area contributed by atoms with Gasteiger partial charge < -0.3 is 10.1 Å². The van der Waals surface area contributed by atoms with Crippen molar-refractivity contribution in [1.29, 1.82) is 0 Å². The summed E-state index contributed by atoms with van der Waals surface area (Å²) in [4.78, 5) is 0. The molecule has 1 aromatic carbocycles. The van der Waals surface area contributed by atoms with Crippen molar-refractivity contribution in [2.75, 3.05) is 20.8 Å². The zero-order chi connectivity index (χ0) is 9.68. The molecule has 0 aliphatic heterocycles. The molecule has 0 radical (unpaired) electrons. The maximum Gasteiger partial charge on any atom is 0.0657 e. The van der Waals surface area contributed by atoms with Gasteiger partial charge in [0.15, 0.2) is 0 Å². The van der Waals surface area contributed by atoms with Gasteiger partial charge in [0.25, 0.3) is 0 Å². The summed E-state index contributed by atoms with van der Waals surface area (Å²) in [5.41, 5.74) is 1.24. The molecule has 72 valence electrons. The zero-order valence-electron chi connectivity index (χ0n) is 7.88. The SMILES string of the molecule is CNC(COC)c1ccc(Br)cc1. The van der Waals surface area contributed by atoms with Crippen LogP contribution in [0.3, 0.4) is 0 Å². The molecule has 0 aromatic heterocycles. The van der Waals surface area contributed by atoms with Crippen LogP contribution in [0.5, 0.6) is 0 Å². The summed E-state index contributed by atoms with van der Waals surface area (Å²) in [6.45, 7) is 0.693. The minimum absolute atomic E-state index is 0.276. The van der Waals surface area contributed by atoms with Crippen LogP contribution >= 0.6 is 15.9 Å². The molecule has 1 N–H and O–H groups in total. The second kappa shape index (κ2) is 5.37. The second-order valence-corrected chi connectivity index (χ2v) is 3.76. The topological polar surface area (TPSA) is 21.3 Å². The molecule has 0 bridgehead atoms. The molecule has 2 nitrogen and oxygen atoms in total. The van der Waals surface area contributed by atoms with Crippen molar-refractivity contribution in [1.82, 2.24) is 5.32 Å². The summed E-state index contributed by atoms with van der Waals surface area (Å²) < 4.78 is 6.21. The van der Waals surface area contributed by atoms with E-state index in [0.29, 0.717) is 6.61 Å². The predicted octanol–water partition coefficient (Wildman–Crippen LogP) is 2.36. The summed E-state index contributed by atoms with van der Waals surface area (Å²) >= 11 is 3.40. The highest BCUT2D eigenvalue weighted by molar-refractivity contribution is 9.10. The van der Waals surface area contributed by atoms with Gasteiger partial charge in [-0.05, 0) is 24.7 Å². The van der Waals surface area contributed by atoms with Crippen molar-refractivity contribution in [2.24, 2.45) is 0 Å². The zero-order valence-corrected chi connectivity index (χ0v) is 9.47. The molecule has 0 spiro atoms. The van der Waals surface area contributed by atoms with E-state index in [1.54, 1.807) is 7.11 Å². The second-order valence-electron chi connectivity index (χ2n) is 2.85. The van der Waals surface area contributed by atoms with E-state index < -0.39 is 0 Å². The van der Waals surface area contributed by atoms with Crippen LogP contribution < -0.4 is 5.32 Å². The quantitative estimate of drug-likeness (QED) is 0.877. The van der Waals surface area contributed by atoms with Crippen LogP contribution in [0.1, 0.15) is 11.6 Å². The molecule has 0 fully saturated rings. The predicted molar refractivity (Wildman–Crippen MR) is 57.8 cm³/mol. The van der Waals surface area contributed by atoms with E-state index in [-0.39, 0.29) is 6.04 Å². The molecular weight excluding hydrogens is 230 g/mol. The van der Waals surface area contributed by atoms with Gasteiger partial charge in [0, 0.05) is 11.6 Å². The number of methoxy groups -OCH3 is 1. The lowest BCUT2D eigenvalue weighted by atomic mass is 10.1. The van der Waals surface area contributed by atoms with E-state index in [1.807, 2.05) is 19.2 Å². The molecule has 1 rings (SSSR count). The number of rotatable bonds is 4. The standard InChI is InChI=1S/C10H14BrNO/c1-12-10(7-13-2)8-3-5-9(11)6-4-8/h3-6,10,12H,7H2,1-2H3. The highest BCUT2D eigenvalue weighted by Crippen LogP contribution is 2.16. The van der Waals surface area contributed by atoms with Crippen LogP contribution in [0, 0.1) is 0 Å². The molecule has 1 aromatic rings. The van der Waals surface area contributed by atoms with Gasteiger partial charge in [-0.15, -0.1) is 0 Å². The monoisotopic (exact) mass is 243 g/mol. The lowest BCUT2D eigenvalue weighted by Crippen LogP contribution is -2.20. The van der Waals surface area contributed by atoms with Crippen molar-refractivity contribution in [3.05, 3.63) is 34.3 Å². The van der Waals surface area contributed by atoms with Gasteiger partial charge in [0.05, 0.1) is 12.6 Å². The Morgan fingerprint density at radius 2 is 2.00 bits per heavy atom. The van der Waals surface area contributed by atoms with Gasteiger partial charge >= 0.3 is 0 Å². The summed E-state index contributed by atoms with van der Waals surface area (Å²) in [6, 6.07) is 8.53. The number of benzene rings is 1. The molecule has 0 aliphatic rings. The Hall–Kier alpha value is -0.380. The van der Waals surface area contributed by atoms with Crippen molar-refractivity contribution >= 4 is 15.9 Å². The third-order valence-electron chi connectivity index (χ3n) is 1.95. The normalized spacial score (nSPS) is 12.8. The first-order valence-corrected chi connectivity index (χ1v) is 4.99. The van der Waals surface area contributed by atoms with Crippen molar-refractivity contribution < 1.29 is 4.74 Å². The van der Waals surface area contributed by atoms with Gasteiger partial charge in [-0.3, -0.25) is 0 Å². The van der Waals surface area contributed by atoms with Crippen molar-refractivity contribution in [3.63, 3.8) is 0 Å². The molecule has 13 heavy (non-hydrogen) atoms. The summed E-state index contributed by atoms with van der Waals surface area (Å²) in [5.74, 6) is 0. The summed E-state index contributed by atoms with van der Waals surface area (Å²) in [6.07, 6.45) is 0. The molecular formula is C10H14BrNO. The van der Waals surface area contributed by atoms with Gasteiger partial charge in [0.2, 0.25) is 0 Å². The smallest absolute Gasteiger partial charge is 0.0657 e. The minimum Gasteiger partial charge on any atom is -0.383 e. The molecule has 0 saturated carbocycles. The number of hydrogen-bond donors (Lipinski definition) is 1. The fraction of sp³-hybridized carbons (Fsp3) is 0.400. The molecule has 1 unspecified atom stereocenters. The first-order chi connectivity index (χ1) is 6.27. The van der Waals surface area contributed by atoms with Crippen LogP contribution in [-0.4, -0.2) is 20.8 Å². The third-order valence-corrected chi connectivity index (χ3v) is 2.48. The molecule has 0 amide bonds. The lowest BCUT2D eigenvalue weighted by Gasteiger charge is -2.15. The Kier molecular flexibility index (Phi) is 4.42. The Balaban J connectivity index is 2.73. The largest absolute Gasteiger partial charge is 0.383 e. The Morgan fingerprint density at radius 1 is 1.38 bits per heavy atom. The fourth-order valence-electron chi connectivity index (χ4n) is 1.21. The van der Waals surface area contributed by atoms with Crippen LogP contribution in [-0.2, 0) is 4.74 Å². The van der Waals surface area contributed by atoms with Crippen molar-refractivity contribution in [3.8, 4) is 0 Å². The highest BCUT2D eigenvalue weighted by atomic mass is 79.9. The van der Waals surface area contributed by atoms with Crippen LogP contribution in [0.25, 0.3) is 0 Å². The van der Waals surface area contributed by atoms with Crippen LogP contribution in [0.4, 0.5) is 0 Å². The van der Waals surface area contributed by atoms with E-state index in [4.69, 9.17) is 4.74 Å². The molecule has 1 atom stereocenters. The van der Waals surface area contributed by atoms with Crippen LogP contribution in [0.15, 0.2) is 28.7 Å². The van der Waals surface area contributed by atoms with Gasteiger partial charge in [-0.25, -0.2) is 0 Å². The maximum atomic E-state index is 5.11. The van der Waals surface area contributed by atoms with E-state index in [1.165, 1.54) is 5.56 Å². The third kappa shape index (κ3) is 3.10. The number of ether oxygens (including phenoxy) is 1. The van der Waals surface area contributed by atoms with E-state index in [2.05, 4.69) is 33.4 Å². The maximum absolute atomic E-state index is 5.11. The average Bonchev–Trinajstić information content (AvgIpc) is 2.16. The minimum atomic E-state index is 0.276. The number of nitrogens with one attached hydrogen (secondary N) is 1. The molecule has 0 saturated heterocycles. The summed E-state index contributed by atoms with van der Waals surface area (Å²) in [5, 5.41) is 3.20. The van der Waals surface area contributed by atoms with E-state index in [9.17, 15) is 0 Å². The molecule has 0 aliphatic carbocycles. The number of hydrogen-bond acceptors (Lipinski definition) is 2. The number of likely N-dealkylation sites (N-methyl/N-ethyl adjacent to an activating group) is 1. The molecule has 3 heteroatoms. The van der Waals surface area contributed by atoms with Crippen LogP contribution in [0.2, 0.25) is 0 Å². The van der Waals surface area contributed by atoms with Crippen molar-refractivity contribution in [2.45, 2.75) is 6.04 Å². The highest BCUT2D eigenvalue weighted by Gasteiger charge is 2.07. The average molecular weight is 244 g/mol. The van der Waals surface area contributed by atoms with E-state index in [0.717, 1.165) is 4.47 Å².